The third kappa shape index (κ3) is 3.83. The molecule has 0 aliphatic rings. The molecule has 0 aliphatic carbocycles. The zero-order valence-corrected chi connectivity index (χ0v) is 11.6. The molecule has 0 amide bonds. The van der Waals surface area contributed by atoms with Crippen LogP contribution in [-0.2, 0) is 11.2 Å². The van der Waals surface area contributed by atoms with Crippen molar-refractivity contribution in [2.24, 2.45) is 0 Å². The van der Waals surface area contributed by atoms with E-state index < -0.39 is 5.97 Å². The number of para-hydroxylation sites is 1. The minimum absolute atomic E-state index is 0.0836. The van der Waals surface area contributed by atoms with Gasteiger partial charge < -0.3 is 9.84 Å². The fourth-order valence-electron chi connectivity index (χ4n) is 1.94. The number of hydrogen-bond donors (Lipinski definition) is 1. The van der Waals surface area contributed by atoms with Gasteiger partial charge in [0.2, 0.25) is 0 Å². The van der Waals surface area contributed by atoms with Crippen molar-refractivity contribution in [3.05, 3.63) is 59.7 Å². The fourth-order valence-corrected chi connectivity index (χ4v) is 1.94. The molecule has 0 bridgehead atoms. The Labute approximate surface area is 123 Å². The minimum atomic E-state index is -0.899. The lowest BCUT2D eigenvalue weighted by Crippen LogP contribution is -2.01. The van der Waals surface area contributed by atoms with Crippen molar-refractivity contribution in [2.75, 3.05) is 0 Å². The third-order valence-electron chi connectivity index (χ3n) is 3.12. The maximum Gasteiger partial charge on any atom is 0.307 e. The van der Waals surface area contributed by atoms with E-state index in [1.807, 2.05) is 19.1 Å². The Bertz CT molecular complexity index is 671. The topological polar surface area (TPSA) is 70.3 Å². The van der Waals surface area contributed by atoms with Crippen LogP contribution in [0.4, 0.5) is 0 Å². The summed E-state index contributed by atoms with van der Waals surface area (Å²) >= 11 is 0. The number of hydrogen-bond acceptors (Lipinski definition) is 3. The molecule has 0 aromatic heterocycles. The van der Waals surface area contributed by atoms with Crippen molar-refractivity contribution in [3.8, 4) is 17.6 Å². The van der Waals surface area contributed by atoms with Gasteiger partial charge in [0, 0.05) is 5.56 Å². The first-order valence-corrected chi connectivity index (χ1v) is 6.57. The molecule has 0 spiro atoms. The van der Waals surface area contributed by atoms with E-state index in [2.05, 4.69) is 6.07 Å². The average molecular weight is 281 g/mol. The van der Waals surface area contributed by atoms with Gasteiger partial charge in [0.1, 0.15) is 11.5 Å². The van der Waals surface area contributed by atoms with E-state index in [1.165, 1.54) is 0 Å². The SMILES string of the molecule is CC(C#N)c1ccc(Oc2ccccc2CC(=O)O)cc1. The van der Waals surface area contributed by atoms with E-state index in [4.69, 9.17) is 15.1 Å². The quantitative estimate of drug-likeness (QED) is 0.906. The van der Waals surface area contributed by atoms with Gasteiger partial charge in [-0.15, -0.1) is 0 Å². The summed E-state index contributed by atoms with van der Waals surface area (Å²) in [4.78, 5) is 10.8. The molecule has 0 saturated carbocycles. The van der Waals surface area contributed by atoms with Crippen molar-refractivity contribution in [1.29, 1.82) is 5.26 Å². The fraction of sp³-hybridized carbons (Fsp3) is 0.176. The van der Waals surface area contributed by atoms with Crippen molar-refractivity contribution < 1.29 is 14.6 Å². The summed E-state index contributed by atoms with van der Waals surface area (Å²) in [5, 5.41) is 17.8. The van der Waals surface area contributed by atoms with Gasteiger partial charge in [0.05, 0.1) is 18.4 Å². The van der Waals surface area contributed by atoms with Gasteiger partial charge in [0.25, 0.3) is 0 Å². The molecule has 1 unspecified atom stereocenters. The molecule has 0 aliphatic heterocycles. The van der Waals surface area contributed by atoms with Crippen LogP contribution in [0.5, 0.6) is 11.5 Å². The predicted molar refractivity (Wildman–Crippen MR) is 78.3 cm³/mol. The van der Waals surface area contributed by atoms with Crippen LogP contribution in [0, 0.1) is 11.3 Å². The van der Waals surface area contributed by atoms with E-state index in [1.54, 1.807) is 36.4 Å². The zero-order chi connectivity index (χ0) is 15.2. The molecular weight excluding hydrogens is 266 g/mol. The van der Waals surface area contributed by atoms with E-state index in [0.29, 0.717) is 17.1 Å². The normalized spacial score (nSPS) is 11.4. The average Bonchev–Trinajstić information content (AvgIpc) is 2.49. The number of rotatable bonds is 5. The number of nitriles is 1. The second kappa shape index (κ2) is 6.58. The van der Waals surface area contributed by atoms with E-state index >= 15 is 0 Å². The number of aliphatic carboxylic acids is 1. The van der Waals surface area contributed by atoms with Gasteiger partial charge in [0.15, 0.2) is 0 Å². The summed E-state index contributed by atoms with van der Waals surface area (Å²) < 4.78 is 5.73. The third-order valence-corrected chi connectivity index (χ3v) is 3.12. The molecule has 2 rings (SSSR count). The van der Waals surface area contributed by atoms with Crippen LogP contribution in [-0.4, -0.2) is 11.1 Å². The highest BCUT2D eigenvalue weighted by atomic mass is 16.5. The first kappa shape index (κ1) is 14.6. The van der Waals surface area contributed by atoms with E-state index in [0.717, 1.165) is 5.56 Å². The molecule has 2 aromatic carbocycles. The molecule has 106 valence electrons. The van der Waals surface area contributed by atoms with Gasteiger partial charge in [-0.3, -0.25) is 4.79 Å². The lowest BCUT2D eigenvalue weighted by molar-refractivity contribution is -0.136. The number of carbonyl (C=O) groups is 1. The van der Waals surface area contributed by atoms with Crippen molar-refractivity contribution >= 4 is 5.97 Å². The molecular formula is C17H15NO3. The van der Waals surface area contributed by atoms with Crippen LogP contribution in [0.3, 0.4) is 0 Å². The molecule has 4 heteroatoms. The van der Waals surface area contributed by atoms with Crippen LogP contribution in [0.1, 0.15) is 24.0 Å². The molecule has 2 aromatic rings. The summed E-state index contributed by atoms with van der Waals surface area (Å²) in [6.45, 7) is 1.83. The molecule has 1 atom stereocenters. The highest BCUT2D eigenvalue weighted by Crippen LogP contribution is 2.27. The van der Waals surface area contributed by atoms with Crippen LogP contribution in [0.15, 0.2) is 48.5 Å². The smallest absolute Gasteiger partial charge is 0.307 e. The number of nitrogens with zero attached hydrogens (tertiary/aromatic N) is 1. The van der Waals surface area contributed by atoms with Gasteiger partial charge in [-0.1, -0.05) is 30.3 Å². The molecule has 21 heavy (non-hydrogen) atoms. The lowest BCUT2D eigenvalue weighted by Gasteiger charge is -2.11. The van der Waals surface area contributed by atoms with E-state index in [9.17, 15) is 4.79 Å². The van der Waals surface area contributed by atoms with Crippen LogP contribution in [0.25, 0.3) is 0 Å². The minimum Gasteiger partial charge on any atom is -0.481 e. The molecule has 1 N–H and O–H groups in total. The standard InChI is InChI=1S/C17H15NO3/c1-12(11-18)13-6-8-15(9-7-13)21-16-5-3-2-4-14(16)10-17(19)20/h2-9,12H,10H2,1H3,(H,19,20). The molecule has 0 radical (unpaired) electrons. The Hall–Kier alpha value is -2.80. The Balaban J connectivity index is 2.19. The zero-order valence-electron chi connectivity index (χ0n) is 11.6. The Morgan fingerprint density at radius 1 is 1.24 bits per heavy atom. The first-order chi connectivity index (χ1) is 10.1. The van der Waals surface area contributed by atoms with Crippen LogP contribution >= 0.6 is 0 Å². The largest absolute Gasteiger partial charge is 0.481 e. The summed E-state index contributed by atoms with van der Waals surface area (Å²) in [7, 11) is 0. The predicted octanol–water partition coefficient (Wildman–Crippen LogP) is 3.73. The molecule has 4 nitrogen and oxygen atoms in total. The van der Waals surface area contributed by atoms with Crippen LogP contribution < -0.4 is 4.74 Å². The highest BCUT2D eigenvalue weighted by molar-refractivity contribution is 5.71. The Morgan fingerprint density at radius 3 is 2.52 bits per heavy atom. The second-order valence-corrected chi connectivity index (χ2v) is 4.70. The van der Waals surface area contributed by atoms with Crippen LogP contribution in [0.2, 0.25) is 0 Å². The van der Waals surface area contributed by atoms with Crippen molar-refractivity contribution in [3.63, 3.8) is 0 Å². The van der Waals surface area contributed by atoms with Crippen molar-refractivity contribution in [2.45, 2.75) is 19.3 Å². The highest BCUT2D eigenvalue weighted by Gasteiger charge is 2.09. The summed E-state index contributed by atoms with van der Waals surface area (Å²) in [6.07, 6.45) is -0.0836. The lowest BCUT2D eigenvalue weighted by atomic mass is 10.0. The van der Waals surface area contributed by atoms with Crippen molar-refractivity contribution in [1.82, 2.24) is 0 Å². The molecule has 0 saturated heterocycles. The van der Waals surface area contributed by atoms with E-state index in [-0.39, 0.29) is 12.3 Å². The number of carboxylic acids is 1. The first-order valence-electron chi connectivity index (χ1n) is 6.57. The summed E-state index contributed by atoms with van der Waals surface area (Å²) in [5.74, 6) is 0.0744. The monoisotopic (exact) mass is 281 g/mol. The Kier molecular flexibility index (Phi) is 4.57. The number of ether oxygens (including phenoxy) is 1. The van der Waals surface area contributed by atoms with Gasteiger partial charge >= 0.3 is 5.97 Å². The molecule has 0 heterocycles. The maximum atomic E-state index is 10.8. The van der Waals surface area contributed by atoms with Gasteiger partial charge in [-0.2, -0.15) is 5.26 Å². The number of benzene rings is 2. The van der Waals surface area contributed by atoms with Gasteiger partial charge in [-0.05, 0) is 30.7 Å². The maximum absolute atomic E-state index is 10.8. The second-order valence-electron chi connectivity index (χ2n) is 4.70. The molecule has 0 fully saturated rings. The summed E-state index contributed by atoms with van der Waals surface area (Å²) in [6, 6.07) is 16.5. The summed E-state index contributed by atoms with van der Waals surface area (Å²) in [5.41, 5.74) is 1.54. The van der Waals surface area contributed by atoms with Gasteiger partial charge in [-0.25, -0.2) is 0 Å². The Morgan fingerprint density at radius 2 is 1.90 bits per heavy atom. The number of carboxylic acid groups (broad SMARTS) is 1.